The van der Waals surface area contributed by atoms with Crippen LogP contribution in [0.2, 0.25) is 0 Å². The van der Waals surface area contributed by atoms with Gasteiger partial charge in [0.15, 0.2) is 5.60 Å². The molecule has 0 saturated heterocycles. The molecule has 0 aliphatic heterocycles. The maximum Gasteiger partial charge on any atom is 0.336 e. The van der Waals surface area contributed by atoms with E-state index in [2.05, 4.69) is 50.3 Å². The fraction of sp³-hybridized carbons (Fsp3) is 0.774. The number of aliphatic hydroxyl groups is 1. The van der Waals surface area contributed by atoms with E-state index in [1.54, 1.807) is 6.92 Å². The van der Waals surface area contributed by atoms with Crippen molar-refractivity contribution in [3.8, 4) is 0 Å². The monoisotopic (exact) mass is 492 g/mol. The van der Waals surface area contributed by atoms with Gasteiger partial charge < -0.3 is 14.9 Å². The lowest BCUT2D eigenvalue weighted by Gasteiger charge is -2.31. The number of carbonyl (C=O) groups is 1. The van der Waals surface area contributed by atoms with E-state index in [4.69, 9.17) is 4.74 Å². The molecule has 0 aliphatic carbocycles. The maximum atomic E-state index is 12.1. The molecule has 0 saturated carbocycles. The van der Waals surface area contributed by atoms with Crippen LogP contribution in [-0.4, -0.2) is 34.5 Å². The van der Waals surface area contributed by atoms with Crippen molar-refractivity contribution in [3.63, 3.8) is 0 Å². The lowest BCUT2D eigenvalue weighted by molar-refractivity contribution is -0.172. The molecule has 0 heterocycles. The minimum atomic E-state index is -1.26. The third-order valence-electron chi connectivity index (χ3n) is 6.37. The van der Waals surface area contributed by atoms with E-state index < -0.39 is 17.7 Å². The second kappa shape index (κ2) is 24.3. The van der Waals surface area contributed by atoms with Gasteiger partial charge in [0, 0.05) is 13.0 Å². The highest BCUT2D eigenvalue weighted by Crippen LogP contribution is 2.27. The molecule has 0 amide bonds. The molecule has 0 aromatic carbocycles. The van der Waals surface area contributed by atoms with Crippen molar-refractivity contribution in [2.24, 2.45) is 0 Å². The zero-order valence-corrected chi connectivity index (χ0v) is 23.2. The molecule has 0 bridgehead atoms. The van der Waals surface area contributed by atoms with Crippen molar-refractivity contribution in [2.45, 2.75) is 148 Å². The number of ether oxygens (including phenoxy) is 1. The second-order valence-corrected chi connectivity index (χ2v) is 9.92. The third-order valence-corrected chi connectivity index (χ3v) is 6.37. The summed E-state index contributed by atoms with van der Waals surface area (Å²) in [5, 5.41) is 19.9. The summed E-state index contributed by atoms with van der Waals surface area (Å²) in [7, 11) is 0. The number of rotatable bonds is 25. The van der Waals surface area contributed by atoms with Gasteiger partial charge in [0.25, 0.3) is 0 Å². The van der Waals surface area contributed by atoms with Gasteiger partial charge in [-0.15, -0.1) is 0 Å². The Morgan fingerprint density at radius 2 is 1.31 bits per heavy atom. The molecule has 204 valence electrons. The Balaban J connectivity index is 4.17. The fourth-order valence-corrected chi connectivity index (χ4v) is 4.32. The average Bonchev–Trinajstić information content (AvgIpc) is 2.82. The van der Waals surface area contributed by atoms with Gasteiger partial charge in [0.2, 0.25) is 0 Å². The third kappa shape index (κ3) is 20.5. The van der Waals surface area contributed by atoms with Crippen molar-refractivity contribution < 1.29 is 19.7 Å². The Morgan fingerprint density at radius 3 is 1.91 bits per heavy atom. The molecule has 2 unspecified atom stereocenters. The van der Waals surface area contributed by atoms with Crippen LogP contribution in [0.1, 0.15) is 136 Å². The normalized spacial score (nSPS) is 14.9. The quantitative estimate of drug-likeness (QED) is 0.0985. The van der Waals surface area contributed by atoms with Gasteiger partial charge in [0.1, 0.15) is 0 Å². The van der Waals surface area contributed by atoms with Crippen molar-refractivity contribution in [1.82, 2.24) is 0 Å². The van der Waals surface area contributed by atoms with Crippen molar-refractivity contribution in [1.29, 1.82) is 0 Å². The zero-order valence-electron chi connectivity index (χ0n) is 23.2. The van der Waals surface area contributed by atoms with Gasteiger partial charge >= 0.3 is 5.97 Å². The van der Waals surface area contributed by atoms with Crippen molar-refractivity contribution >= 4 is 5.97 Å². The number of unbranched alkanes of at least 4 members (excludes halogenated alkanes) is 11. The lowest BCUT2D eigenvalue weighted by atomic mass is 9.89. The first kappa shape index (κ1) is 33.6. The van der Waals surface area contributed by atoms with Gasteiger partial charge in [-0.25, -0.2) is 4.79 Å². The van der Waals surface area contributed by atoms with Gasteiger partial charge in [-0.05, 0) is 58.3 Å². The molecule has 0 rings (SSSR count). The smallest absolute Gasteiger partial charge is 0.336 e. The Labute approximate surface area is 216 Å². The molecular weight excluding hydrogens is 436 g/mol. The van der Waals surface area contributed by atoms with Gasteiger partial charge in [-0.2, -0.15) is 0 Å². The van der Waals surface area contributed by atoms with Crippen LogP contribution >= 0.6 is 0 Å². The molecule has 0 spiro atoms. The predicted molar refractivity (Wildman–Crippen MR) is 150 cm³/mol. The van der Waals surface area contributed by atoms with Crippen molar-refractivity contribution in [2.75, 3.05) is 6.61 Å². The Bertz CT molecular complexity index is 564. The molecule has 0 aromatic rings. The molecule has 4 heteroatoms. The molecule has 0 radical (unpaired) electrons. The van der Waals surface area contributed by atoms with Crippen LogP contribution in [0.5, 0.6) is 0 Å². The summed E-state index contributed by atoms with van der Waals surface area (Å²) in [6.07, 6.45) is 31.0. The summed E-state index contributed by atoms with van der Waals surface area (Å²) in [5.74, 6) is -0.931. The van der Waals surface area contributed by atoms with E-state index in [-0.39, 0.29) is 6.42 Å². The van der Waals surface area contributed by atoms with E-state index in [1.165, 1.54) is 38.5 Å². The van der Waals surface area contributed by atoms with Crippen molar-refractivity contribution in [3.05, 3.63) is 36.5 Å². The summed E-state index contributed by atoms with van der Waals surface area (Å²) in [4.78, 5) is 12.1. The average molecular weight is 493 g/mol. The fourth-order valence-electron chi connectivity index (χ4n) is 4.32. The van der Waals surface area contributed by atoms with E-state index >= 15 is 0 Å². The highest BCUT2D eigenvalue weighted by Gasteiger charge is 2.40. The standard InChI is InChI=1S/C31H56O4/c1-4-6-8-10-12-14-15-16-17-18-19-20-22-24-26-31(30(33)34,28-29(3)32)35-27-25-23-21-13-11-9-7-5-2/h6,8,12,14,16-17,29,32H,4-5,7,9-11,13,15,18-28H2,1-3H3,(H,33,34)/b8-6-,14-12-,17-16-. The van der Waals surface area contributed by atoms with E-state index in [0.29, 0.717) is 13.0 Å². The minimum Gasteiger partial charge on any atom is -0.479 e. The Morgan fingerprint density at radius 1 is 0.771 bits per heavy atom. The number of carboxylic acids is 1. The van der Waals surface area contributed by atoms with E-state index in [0.717, 1.165) is 64.2 Å². The Hall–Kier alpha value is -1.39. The van der Waals surface area contributed by atoms with E-state index in [9.17, 15) is 15.0 Å². The first-order valence-electron chi connectivity index (χ1n) is 14.5. The SMILES string of the molecule is CC/C=C\C/C=C\C/C=C\CCCCCCC(CC(C)O)(OCCCCCCCCCC)C(=O)O. The van der Waals surface area contributed by atoms with Crippen LogP contribution in [0.3, 0.4) is 0 Å². The van der Waals surface area contributed by atoms with E-state index in [1.807, 2.05) is 0 Å². The summed E-state index contributed by atoms with van der Waals surface area (Å²) in [6.45, 7) is 6.49. The van der Waals surface area contributed by atoms with Gasteiger partial charge in [-0.3, -0.25) is 0 Å². The van der Waals surface area contributed by atoms with Crippen LogP contribution in [0, 0.1) is 0 Å². The van der Waals surface area contributed by atoms with Crippen LogP contribution in [0.25, 0.3) is 0 Å². The molecule has 2 atom stereocenters. The summed E-state index contributed by atoms with van der Waals surface area (Å²) in [6, 6.07) is 0. The lowest BCUT2D eigenvalue weighted by Crippen LogP contribution is -2.44. The molecule has 35 heavy (non-hydrogen) atoms. The largest absolute Gasteiger partial charge is 0.479 e. The molecule has 4 nitrogen and oxygen atoms in total. The molecule has 0 fully saturated rings. The highest BCUT2D eigenvalue weighted by molar-refractivity contribution is 5.77. The number of allylic oxidation sites excluding steroid dienone is 6. The summed E-state index contributed by atoms with van der Waals surface area (Å²) >= 11 is 0. The van der Waals surface area contributed by atoms with Crippen LogP contribution in [-0.2, 0) is 9.53 Å². The highest BCUT2D eigenvalue weighted by atomic mass is 16.5. The zero-order chi connectivity index (χ0) is 26.0. The first-order chi connectivity index (χ1) is 17.0. The van der Waals surface area contributed by atoms with Crippen LogP contribution in [0.4, 0.5) is 0 Å². The molecule has 0 aromatic heterocycles. The topological polar surface area (TPSA) is 66.8 Å². The maximum absolute atomic E-state index is 12.1. The predicted octanol–water partition coefficient (Wildman–Crippen LogP) is 8.94. The summed E-state index contributed by atoms with van der Waals surface area (Å²) < 4.78 is 5.98. The number of carboxylic acid groups (broad SMARTS) is 1. The number of aliphatic hydroxyl groups excluding tert-OH is 1. The first-order valence-corrected chi connectivity index (χ1v) is 14.5. The van der Waals surface area contributed by atoms with Gasteiger partial charge in [0.05, 0.1) is 6.10 Å². The molecule has 0 aliphatic rings. The second-order valence-electron chi connectivity index (χ2n) is 9.92. The van der Waals surface area contributed by atoms with Crippen LogP contribution in [0.15, 0.2) is 36.5 Å². The van der Waals surface area contributed by atoms with Gasteiger partial charge in [-0.1, -0.05) is 108 Å². The molecule has 2 N–H and O–H groups in total. The minimum absolute atomic E-state index is 0.157. The number of hydrogen-bond acceptors (Lipinski definition) is 3. The molecular formula is C31H56O4. The number of aliphatic carboxylic acids is 1. The number of hydrogen-bond donors (Lipinski definition) is 2. The Kier molecular flexibility index (Phi) is 23.3. The van der Waals surface area contributed by atoms with Crippen LogP contribution < -0.4 is 0 Å². The summed E-state index contributed by atoms with van der Waals surface area (Å²) in [5.41, 5.74) is -1.26.